The van der Waals surface area contributed by atoms with Crippen molar-refractivity contribution >= 4 is 10.0 Å². The highest BCUT2D eigenvalue weighted by Gasteiger charge is 2.19. The minimum absolute atomic E-state index is 0.315. The third kappa shape index (κ3) is 2.21. The van der Waals surface area contributed by atoms with Crippen molar-refractivity contribution in [2.45, 2.75) is 38.2 Å². The monoisotopic (exact) mass is 148 g/mol. The van der Waals surface area contributed by atoms with Crippen molar-refractivity contribution in [3.63, 3.8) is 0 Å². The van der Waals surface area contributed by atoms with Gasteiger partial charge in [-0.2, -0.15) is 0 Å². The van der Waals surface area contributed by atoms with Crippen LogP contribution in [-0.2, 0) is 0 Å². The molecule has 0 bridgehead atoms. The molecule has 58 valence electrons. The average molecular weight is 148 g/mol. The van der Waals surface area contributed by atoms with Gasteiger partial charge in [-0.15, -0.1) is 0 Å². The van der Waals surface area contributed by atoms with E-state index in [2.05, 4.69) is 40.2 Å². The number of hydrogen-bond donors (Lipinski definition) is 0. The molecule has 0 aliphatic rings. The molecule has 0 amide bonds. The Morgan fingerprint density at radius 2 is 1.00 bits per heavy atom. The van der Waals surface area contributed by atoms with Gasteiger partial charge < -0.3 is 0 Å². The van der Waals surface area contributed by atoms with E-state index in [1.165, 1.54) is 0 Å². The SMILES string of the molecule is CC(C)S(C)(C)C(C)C. The van der Waals surface area contributed by atoms with Crippen LogP contribution in [0.1, 0.15) is 27.7 Å². The predicted molar refractivity (Wildman–Crippen MR) is 49.7 cm³/mol. The molecule has 1 heteroatoms. The second-order valence-corrected chi connectivity index (χ2v) is 8.44. The number of hydrogen-bond acceptors (Lipinski definition) is 0. The lowest BCUT2D eigenvalue weighted by Crippen LogP contribution is -2.17. The second kappa shape index (κ2) is 2.96. The smallest absolute Gasteiger partial charge is 0.0171 e. The normalized spacial score (nSPS) is 15.1. The molecule has 0 saturated heterocycles. The molecule has 0 nitrogen and oxygen atoms in total. The zero-order valence-corrected chi connectivity index (χ0v) is 8.38. The Morgan fingerprint density at radius 1 is 0.778 bits per heavy atom. The zero-order chi connectivity index (χ0) is 7.65. The van der Waals surface area contributed by atoms with Gasteiger partial charge in [0.15, 0.2) is 0 Å². The van der Waals surface area contributed by atoms with Gasteiger partial charge in [-0.1, -0.05) is 27.7 Å². The molecule has 0 aromatic carbocycles. The molecule has 0 N–H and O–H groups in total. The lowest BCUT2D eigenvalue weighted by molar-refractivity contribution is 1.02. The Labute approximate surface area is 61.4 Å². The van der Waals surface area contributed by atoms with Crippen LogP contribution in [0.2, 0.25) is 0 Å². The summed E-state index contributed by atoms with van der Waals surface area (Å²) in [6, 6.07) is 0. The van der Waals surface area contributed by atoms with Gasteiger partial charge in [0.25, 0.3) is 0 Å². The second-order valence-electron chi connectivity index (χ2n) is 3.58. The summed E-state index contributed by atoms with van der Waals surface area (Å²) in [4.78, 5) is 0. The lowest BCUT2D eigenvalue weighted by atomic mass is 10.5. The van der Waals surface area contributed by atoms with E-state index in [-0.39, 0.29) is 10.0 Å². The van der Waals surface area contributed by atoms with Crippen LogP contribution in [0.25, 0.3) is 0 Å². The van der Waals surface area contributed by atoms with Gasteiger partial charge >= 0.3 is 0 Å². The van der Waals surface area contributed by atoms with E-state index < -0.39 is 0 Å². The number of rotatable bonds is 2. The minimum atomic E-state index is -0.315. The molecule has 0 aliphatic heterocycles. The Kier molecular flexibility index (Phi) is 3.07. The van der Waals surface area contributed by atoms with Crippen molar-refractivity contribution < 1.29 is 0 Å². The molecule has 0 saturated carbocycles. The molecule has 0 spiro atoms. The summed E-state index contributed by atoms with van der Waals surface area (Å²) in [5, 5.41) is 1.75. The Morgan fingerprint density at radius 3 is 1.00 bits per heavy atom. The molecule has 0 heterocycles. The van der Waals surface area contributed by atoms with E-state index in [4.69, 9.17) is 0 Å². The van der Waals surface area contributed by atoms with E-state index in [0.717, 1.165) is 10.5 Å². The van der Waals surface area contributed by atoms with Crippen molar-refractivity contribution in [2.24, 2.45) is 0 Å². The van der Waals surface area contributed by atoms with Crippen molar-refractivity contribution in [3.05, 3.63) is 0 Å². The highest BCUT2D eigenvalue weighted by molar-refractivity contribution is 8.33. The molecule has 0 aromatic heterocycles. The van der Waals surface area contributed by atoms with E-state index in [0.29, 0.717) is 0 Å². The minimum Gasteiger partial charge on any atom is -0.242 e. The molecule has 0 unspecified atom stereocenters. The first kappa shape index (κ1) is 9.35. The van der Waals surface area contributed by atoms with E-state index in [1.54, 1.807) is 0 Å². The standard InChI is InChI=1S/C8H20S/c1-7(2)9(5,6)8(3)4/h7-8H,1-6H3. The fourth-order valence-electron chi connectivity index (χ4n) is 0.544. The van der Waals surface area contributed by atoms with Gasteiger partial charge in [-0.3, -0.25) is 0 Å². The van der Waals surface area contributed by atoms with Gasteiger partial charge in [-0.25, -0.2) is 10.0 Å². The maximum absolute atomic E-state index is 2.42. The van der Waals surface area contributed by atoms with Gasteiger partial charge in [0, 0.05) is 0 Å². The summed E-state index contributed by atoms with van der Waals surface area (Å²) in [5.41, 5.74) is 0. The van der Waals surface area contributed by atoms with Crippen LogP contribution in [0.3, 0.4) is 0 Å². The molecule has 0 radical (unpaired) electrons. The Balaban J connectivity index is 4.01. The van der Waals surface area contributed by atoms with Crippen molar-refractivity contribution in [1.82, 2.24) is 0 Å². The summed E-state index contributed by atoms with van der Waals surface area (Å²) in [7, 11) is -0.315. The van der Waals surface area contributed by atoms with Gasteiger partial charge in [-0.05, 0) is 23.0 Å². The topological polar surface area (TPSA) is 0 Å². The Bertz CT molecular complexity index is 72.6. The molecule has 9 heavy (non-hydrogen) atoms. The first-order valence-corrected chi connectivity index (χ1v) is 6.17. The zero-order valence-electron chi connectivity index (χ0n) is 7.56. The molecular formula is C8H20S. The van der Waals surface area contributed by atoms with E-state index in [9.17, 15) is 0 Å². The van der Waals surface area contributed by atoms with Crippen molar-refractivity contribution in [1.29, 1.82) is 0 Å². The van der Waals surface area contributed by atoms with Gasteiger partial charge in [0.2, 0.25) is 0 Å². The van der Waals surface area contributed by atoms with Crippen LogP contribution >= 0.6 is 10.0 Å². The van der Waals surface area contributed by atoms with Gasteiger partial charge in [0.1, 0.15) is 0 Å². The fourth-order valence-corrected chi connectivity index (χ4v) is 1.63. The average Bonchev–Trinajstić information content (AvgIpc) is 1.65. The molecule has 0 atom stereocenters. The van der Waals surface area contributed by atoms with Crippen LogP contribution in [-0.4, -0.2) is 23.0 Å². The van der Waals surface area contributed by atoms with Crippen LogP contribution in [0.15, 0.2) is 0 Å². The van der Waals surface area contributed by atoms with Crippen molar-refractivity contribution in [2.75, 3.05) is 12.5 Å². The summed E-state index contributed by atoms with van der Waals surface area (Å²) < 4.78 is 0. The molecule has 0 aromatic rings. The largest absolute Gasteiger partial charge is 0.242 e. The predicted octanol–water partition coefficient (Wildman–Crippen LogP) is 2.87. The van der Waals surface area contributed by atoms with Crippen LogP contribution in [0.5, 0.6) is 0 Å². The third-order valence-electron chi connectivity index (χ3n) is 2.43. The maximum Gasteiger partial charge on any atom is -0.0171 e. The highest BCUT2D eigenvalue weighted by Crippen LogP contribution is 2.49. The summed E-state index contributed by atoms with van der Waals surface area (Å²) in [6.07, 6.45) is 4.84. The maximum atomic E-state index is 2.42. The fraction of sp³-hybridized carbons (Fsp3) is 1.00. The van der Waals surface area contributed by atoms with E-state index >= 15 is 0 Å². The summed E-state index contributed by atoms with van der Waals surface area (Å²) >= 11 is 0. The molecule has 0 rings (SSSR count). The summed E-state index contributed by atoms with van der Waals surface area (Å²) in [5.74, 6) is 0. The first-order valence-electron chi connectivity index (χ1n) is 3.60. The molecular weight excluding hydrogens is 128 g/mol. The van der Waals surface area contributed by atoms with Crippen molar-refractivity contribution in [3.8, 4) is 0 Å². The lowest BCUT2D eigenvalue weighted by Gasteiger charge is -2.40. The van der Waals surface area contributed by atoms with E-state index in [1.807, 2.05) is 0 Å². The van der Waals surface area contributed by atoms with Gasteiger partial charge in [0.05, 0.1) is 0 Å². The Hall–Kier alpha value is 0.350. The van der Waals surface area contributed by atoms with Crippen LogP contribution in [0.4, 0.5) is 0 Å². The molecule has 0 fully saturated rings. The first-order chi connectivity index (χ1) is 3.89. The van der Waals surface area contributed by atoms with Crippen LogP contribution < -0.4 is 0 Å². The van der Waals surface area contributed by atoms with Crippen LogP contribution in [0, 0.1) is 0 Å². The highest BCUT2D eigenvalue weighted by atomic mass is 32.3. The molecule has 0 aliphatic carbocycles. The quantitative estimate of drug-likeness (QED) is 0.565. The third-order valence-corrected chi connectivity index (χ3v) is 7.29. The summed E-state index contributed by atoms with van der Waals surface area (Å²) in [6.45, 7) is 9.31.